The highest BCUT2D eigenvalue weighted by Gasteiger charge is 2.49. The number of hydrogen-bond donors (Lipinski definition) is 0. The molecule has 0 bridgehead atoms. The molecule has 7 heteroatoms. The predicted octanol–water partition coefficient (Wildman–Crippen LogP) is 4.56. The van der Waals surface area contributed by atoms with Crippen LogP contribution < -0.4 is 0 Å². The number of benzene rings is 1. The summed E-state index contributed by atoms with van der Waals surface area (Å²) in [6, 6.07) is 3.95. The summed E-state index contributed by atoms with van der Waals surface area (Å²) in [6.45, 7) is 6.05. The molecule has 2 aliphatic rings. The number of ketones is 1. The molecule has 1 heterocycles. The van der Waals surface area contributed by atoms with Crippen molar-refractivity contribution in [2.24, 2.45) is 0 Å². The number of alkyl halides is 3. The Morgan fingerprint density at radius 3 is 2.31 bits per heavy atom. The van der Waals surface area contributed by atoms with Crippen molar-refractivity contribution in [1.29, 1.82) is 0 Å². The van der Waals surface area contributed by atoms with E-state index in [4.69, 9.17) is 4.74 Å². The quantitative estimate of drug-likeness (QED) is 0.673. The van der Waals surface area contributed by atoms with Crippen LogP contribution in [0.5, 0.6) is 0 Å². The molecule has 1 fully saturated rings. The van der Waals surface area contributed by atoms with Crippen molar-refractivity contribution in [2.75, 3.05) is 13.1 Å². The van der Waals surface area contributed by atoms with Gasteiger partial charge < -0.3 is 9.64 Å². The number of rotatable bonds is 0. The van der Waals surface area contributed by atoms with E-state index in [0.29, 0.717) is 31.5 Å². The van der Waals surface area contributed by atoms with Gasteiger partial charge in [-0.2, -0.15) is 13.2 Å². The third-order valence-corrected chi connectivity index (χ3v) is 5.09. The summed E-state index contributed by atoms with van der Waals surface area (Å²) >= 11 is 0. The third-order valence-electron chi connectivity index (χ3n) is 5.09. The summed E-state index contributed by atoms with van der Waals surface area (Å²) in [7, 11) is 0. The van der Waals surface area contributed by atoms with Crippen LogP contribution in [0.3, 0.4) is 0 Å². The maximum absolute atomic E-state index is 13.3. The topological polar surface area (TPSA) is 46.6 Å². The Bertz CT molecular complexity index is 741. The third kappa shape index (κ3) is 3.31. The number of halogens is 3. The first-order valence-corrected chi connectivity index (χ1v) is 8.65. The molecule has 4 nitrogen and oxygen atoms in total. The van der Waals surface area contributed by atoms with Gasteiger partial charge in [-0.25, -0.2) is 4.79 Å². The Morgan fingerprint density at radius 2 is 1.77 bits per heavy atom. The first-order valence-electron chi connectivity index (χ1n) is 8.65. The lowest BCUT2D eigenvalue weighted by Crippen LogP contribution is -2.46. The van der Waals surface area contributed by atoms with Crippen molar-refractivity contribution in [3.05, 3.63) is 34.9 Å². The minimum absolute atomic E-state index is 0.0670. The van der Waals surface area contributed by atoms with E-state index in [-0.39, 0.29) is 12.0 Å². The van der Waals surface area contributed by atoms with Crippen LogP contribution in [0.25, 0.3) is 0 Å². The van der Waals surface area contributed by atoms with Gasteiger partial charge in [0.25, 0.3) is 0 Å². The summed E-state index contributed by atoms with van der Waals surface area (Å²) in [5.41, 5.74) is -1.80. The fraction of sp³-hybridized carbons (Fsp3) is 0.579. The normalized spacial score (nSPS) is 19.6. The molecule has 1 aromatic carbocycles. The Kier molecular flexibility index (Phi) is 4.32. The minimum Gasteiger partial charge on any atom is -0.444 e. The van der Waals surface area contributed by atoms with Crippen LogP contribution in [0.2, 0.25) is 0 Å². The molecule has 0 aromatic heterocycles. The van der Waals surface area contributed by atoms with E-state index in [1.54, 1.807) is 31.7 Å². The fourth-order valence-electron chi connectivity index (χ4n) is 3.91. The van der Waals surface area contributed by atoms with E-state index in [1.807, 2.05) is 0 Å². The summed E-state index contributed by atoms with van der Waals surface area (Å²) in [4.78, 5) is 26.2. The Morgan fingerprint density at radius 1 is 1.15 bits per heavy atom. The average Bonchev–Trinajstić information content (AvgIpc) is 2.78. The molecule has 0 saturated carbocycles. The summed E-state index contributed by atoms with van der Waals surface area (Å²) in [5, 5.41) is 0. The van der Waals surface area contributed by atoms with Crippen molar-refractivity contribution < 1.29 is 27.5 Å². The number of ether oxygens (including phenoxy) is 1. The zero-order chi connectivity index (χ0) is 19.3. The van der Waals surface area contributed by atoms with Crippen LogP contribution in [0, 0.1) is 0 Å². The molecule has 1 spiro atoms. The minimum atomic E-state index is -4.55. The van der Waals surface area contributed by atoms with Gasteiger partial charge in [0, 0.05) is 30.5 Å². The van der Waals surface area contributed by atoms with Crippen molar-refractivity contribution >= 4 is 11.9 Å². The lowest BCUT2D eigenvalue weighted by atomic mass is 9.73. The molecule has 142 valence electrons. The Labute approximate surface area is 150 Å². The second kappa shape index (κ2) is 5.99. The van der Waals surface area contributed by atoms with Crippen molar-refractivity contribution in [1.82, 2.24) is 4.90 Å². The predicted molar refractivity (Wildman–Crippen MR) is 89.1 cm³/mol. The number of Topliss-reactive ketones (excluding diaryl/α,β-unsaturated/α-hetero) is 1. The van der Waals surface area contributed by atoms with Gasteiger partial charge in [-0.15, -0.1) is 0 Å². The highest BCUT2D eigenvalue weighted by Crippen LogP contribution is 2.49. The van der Waals surface area contributed by atoms with Gasteiger partial charge in [0.1, 0.15) is 5.60 Å². The molecular formula is C19H22F3NO3. The summed E-state index contributed by atoms with van der Waals surface area (Å²) in [5.74, 6) is -0.460. The van der Waals surface area contributed by atoms with Crippen molar-refractivity contribution in [2.45, 2.75) is 57.2 Å². The summed E-state index contributed by atoms with van der Waals surface area (Å²) < 4.78 is 45.2. The van der Waals surface area contributed by atoms with E-state index in [0.717, 1.165) is 6.07 Å². The van der Waals surface area contributed by atoms with Gasteiger partial charge in [0.15, 0.2) is 5.78 Å². The highest BCUT2D eigenvalue weighted by molar-refractivity contribution is 6.03. The van der Waals surface area contributed by atoms with Crippen LogP contribution in [-0.4, -0.2) is 35.5 Å². The number of amides is 1. The Hall–Kier alpha value is -2.05. The van der Waals surface area contributed by atoms with Gasteiger partial charge in [-0.05, 0) is 45.2 Å². The number of nitrogens with zero attached hydrogens (tertiary/aromatic N) is 1. The van der Waals surface area contributed by atoms with E-state index >= 15 is 0 Å². The molecule has 1 amide bonds. The largest absolute Gasteiger partial charge is 0.444 e. The molecule has 1 aromatic rings. The molecule has 0 atom stereocenters. The monoisotopic (exact) mass is 369 g/mol. The second-order valence-corrected chi connectivity index (χ2v) is 8.07. The molecular weight excluding hydrogens is 347 g/mol. The number of carbonyl (C=O) groups excluding carboxylic acids is 2. The van der Waals surface area contributed by atoms with E-state index in [9.17, 15) is 22.8 Å². The number of hydrogen-bond acceptors (Lipinski definition) is 3. The van der Waals surface area contributed by atoms with Crippen LogP contribution >= 0.6 is 0 Å². The smallest absolute Gasteiger partial charge is 0.417 e. The first-order chi connectivity index (χ1) is 11.9. The molecule has 1 aliphatic heterocycles. The number of likely N-dealkylation sites (tertiary alicyclic amines) is 1. The van der Waals surface area contributed by atoms with Crippen molar-refractivity contribution in [3.63, 3.8) is 0 Å². The van der Waals surface area contributed by atoms with Crippen LogP contribution in [0.4, 0.5) is 18.0 Å². The van der Waals surface area contributed by atoms with Gasteiger partial charge in [0.2, 0.25) is 0 Å². The molecule has 1 saturated heterocycles. The average molecular weight is 369 g/mol. The van der Waals surface area contributed by atoms with Gasteiger partial charge in [0.05, 0.1) is 5.56 Å². The number of carbonyl (C=O) groups is 2. The SMILES string of the molecule is CC(C)(C)OC(=O)N1CCC2(CC1)CC(=O)c1c(C(F)(F)F)cccc12. The molecule has 3 rings (SSSR count). The van der Waals surface area contributed by atoms with Crippen molar-refractivity contribution in [3.8, 4) is 0 Å². The van der Waals surface area contributed by atoms with Crippen LogP contribution in [0.1, 0.15) is 61.5 Å². The lowest BCUT2D eigenvalue weighted by molar-refractivity contribution is -0.137. The van der Waals surface area contributed by atoms with Gasteiger partial charge >= 0.3 is 12.3 Å². The molecule has 0 unspecified atom stereocenters. The second-order valence-electron chi connectivity index (χ2n) is 8.07. The maximum Gasteiger partial charge on any atom is 0.417 e. The fourth-order valence-corrected chi connectivity index (χ4v) is 3.91. The number of fused-ring (bicyclic) bond motifs is 2. The number of piperidine rings is 1. The zero-order valence-electron chi connectivity index (χ0n) is 15.1. The molecule has 0 radical (unpaired) electrons. The van der Waals surface area contributed by atoms with Gasteiger partial charge in [-0.1, -0.05) is 12.1 Å². The summed E-state index contributed by atoms with van der Waals surface area (Å²) in [6.07, 6.45) is -4.01. The van der Waals surface area contributed by atoms with Crippen LogP contribution in [-0.2, 0) is 16.3 Å². The maximum atomic E-state index is 13.3. The van der Waals surface area contributed by atoms with Crippen LogP contribution in [0.15, 0.2) is 18.2 Å². The van der Waals surface area contributed by atoms with Gasteiger partial charge in [-0.3, -0.25) is 4.79 Å². The van der Waals surface area contributed by atoms with E-state index in [2.05, 4.69) is 0 Å². The first kappa shape index (κ1) is 18.7. The Balaban J connectivity index is 1.84. The molecule has 1 aliphatic carbocycles. The lowest BCUT2D eigenvalue weighted by Gasteiger charge is -2.40. The zero-order valence-corrected chi connectivity index (χ0v) is 15.1. The molecule has 0 N–H and O–H groups in total. The van der Waals surface area contributed by atoms with E-state index in [1.165, 1.54) is 6.07 Å². The standard InChI is InChI=1S/C19H22F3NO3/c1-17(2,3)26-16(25)23-9-7-18(8-10-23)11-14(24)15-12(18)5-4-6-13(15)19(20,21)22/h4-6H,7-11H2,1-3H3. The molecule has 26 heavy (non-hydrogen) atoms. The van der Waals surface area contributed by atoms with E-state index < -0.39 is 34.6 Å². The highest BCUT2D eigenvalue weighted by atomic mass is 19.4.